The van der Waals surface area contributed by atoms with E-state index in [1.165, 1.54) is 0 Å². The number of hydrogen-bond donors (Lipinski definition) is 0. The second kappa shape index (κ2) is 4.12. The molecule has 1 heterocycles. The normalized spacial score (nSPS) is 34.4. The lowest BCUT2D eigenvalue weighted by Gasteiger charge is -2.38. The summed E-state index contributed by atoms with van der Waals surface area (Å²) in [7, 11) is 0. The van der Waals surface area contributed by atoms with Crippen molar-refractivity contribution in [1.29, 1.82) is 0 Å². The van der Waals surface area contributed by atoms with E-state index in [-0.39, 0.29) is 11.4 Å². The van der Waals surface area contributed by atoms with Crippen LogP contribution in [0.3, 0.4) is 0 Å². The predicted octanol–water partition coefficient (Wildman–Crippen LogP) is 2.77. The van der Waals surface area contributed by atoms with Gasteiger partial charge in [0.15, 0.2) is 0 Å². The van der Waals surface area contributed by atoms with Crippen molar-refractivity contribution in [3.8, 4) is 0 Å². The lowest BCUT2D eigenvalue weighted by atomic mass is 9.70. The quantitative estimate of drug-likeness (QED) is 0.630. The standard InChI is InChI=1S/C11H20O2/c1-4-6-9-7-8-13-10(12)11(9,3)5-2/h9H,4-8H2,1-3H3. The van der Waals surface area contributed by atoms with Crippen LogP contribution in [0.15, 0.2) is 0 Å². The van der Waals surface area contributed by atoms with E-state index >= 15 is 0 Å². The van der Waals surface area contributed by atoms with Gasteiger partial charge in [0.25, 0.3) is 0 Å². The molecule has 1 aliphatic heterocycles. The topological polar surface area (TPSA) is 26.3 Å². The zero-order valence-electron chi connectivity index (χ0n) is 8.93. The molecule has 0 bridgehead atoms. The molecule has 0 saturated carbocycles. The Balaban J connectivity index is 2.74. The lowest BCUT2D eigenvalue weighted by Crippen LogP contribution is -2.41. The third kappa shape index (κ3) is 1.87. The van der Waals surface area contributed by atoms with Crippen LogP contribution in [0.2, 0.25) is 0 Å². The van der Waals surface area contributed by atoms with Crippen LogP contribution in [0.25, 0.3) is 0 Å². The Bertz CT molecular complexity index is 187. The highest BCUT2D eigenvalue weighted by Gasteiger charge is 2.43. The molecule has 2 unspecified atom stereocenters. The summed E-state index contributed by atoms with van der Waals surface area (Å²) in [5.74, 6) is 0.545. The van der Waals surface area contributed by atoms with Gasteiger partial charge in [-0.05, 0) is 32.1 Å². The number of cyclic esters (lactones) is 1. The number of hydrogen-bond acceptors (Lipinski definition) is 2. The van der Waals surface area contributed by atoms with E-state index in [1.807, 2.05) is 0 Å². The van der Waals surface area contributed by atoms with Crippen LogP contribution in [0, 0.1) is 11.3 Å². The monoisotopic (exact) mass is 184 g/mol. The van der Waals surface area contributed by atoms with Gasteiger partial charge in [-0.3, -0.25) is 4.79 Å². The summed E-state index contributed by atoms with van der Waals surface area (Å²) in [4.78, 5) is 11.6. The number of rotatable bonds is 3. The summed E-state index contributed by atoms with van der Waals surface area (Å²) in [6.07, 6.45) is 4.26. The Labute approximate surface area is 80.7 Å². The zero-order valence-corrected chi connectivity index (χ0v) is 8.93. The molecule has 13 heavy (non-hydrogen) atoms. The van der Waals surface area contributed by atoms with E-state index < -0.39 is 0 Å². The fourth-order valence-corrected chi connectivity index (χ4v) is 2.19. The van der Waals surface area contributed by atoms with Gasteiger partial charge in [0.1, 0.15) is 0 Å². The average molecular weight is 184 g/mol. The van der Waals surface area contributed by atoms with E-state index in [4.69, 9.17) is 4.74 Å². The molecular weight excluding hydrogens is 164 g/mol. The maximum absolute atomic E-state index is 11.6. The van der Waals surface area contributed by atoms with E-state index in [0.717, 1.165) is 25.7 Å². The average Bonchev–Trinajstić information content (AvgIpc) is 2.13. The molecule has 2 atom stereocenters. The SMILES string of the molecule is CCCC1CCOC(=O)C1(C)CC. The minimum atomic E-state index is -0.214. The van der Waals surface area contributed by atoms with Gasteiger partial charge in [0.2, 0.25) is 0 Å². The van der Waals surface area contributed by atoms with Gasteiger partial charge in [-0.15, -0.1) is 0 Å². The minimum absolute atomic E-state index is 0.0136. The number of carbonyl (C=O) groups excluding carboxylic acids is 1. The summed E-state index contributed by atoms with van der Waals surface area (Å²) in [5, 5.41) is 0. The summed E-state index contributed by atoms with van der Waals surface area (Å²) in [6.45, 7) is 6.93. The summed E-state index contributed by atoms with van der Waals surface area (Å²) in [6, 6.07) is 0. The van der Waals surface area contributed by atoms with Crippen LogP contribution >= 0.6 is 0 Å². The van der Waals surface area contributed by atoms with Crippen molar-refractivity contribution in [1.82, 2.24) is 0 Å². The molecule has 0 aromatic heterocycles. The predicted molar refractivity (Wildman–Crippen MR) is 52.4 cm³/mol. The first kappa shape index (κ1) is 10.6. The highest BCUT2D eigenvalue weighted by Crippen LogP contribution is 2.40. The van der Waals surface area contributed by atoms with Gasteiger partial charge < -0.3 is 4.74 Å². The van der Waals surface area contributed by atoms with Crippen molar-refractivity contribution in [2.75, 3.05) is 6.61 Å². The number of esters is 1. The first-order chi connectivity index (χ1) is 6.15. The van der Waals surface area contributed by atoms with Crippen molar-refractivity contribution in [3.63, 3.8) is 0 Å². The van der Waals surface area contributed by atoms with Crippen LogP contribution < -0.4 is 0 Å². The smallest absolute Gasteiger partial charge is 0.312 e. The van der Waals surface area contributed by atoms with Crippen molar-refractivity contribution in [2.24, 2.45) is 11.3 Å². The maximum Gasteiger partial charge on any atom is 0.312 e. The lowest BCUT2D eigenvalue weighted by molar-refractivity contribution is -0.167. The van der Waals surface area contributed by atoms with Crippen LogP contribution in [-0.4, -0.2) is 12.6 Å². The van der Waals surface area contributed by atoms with Crippen molar-refractivity contribution in [2.45, 2.75) is 46.5 Å². The molecule has 2 heteroatoms. The number of carbonyl (C=O) groups is 1. The number of ether oxygens (including phenoxy) is 1. The van der Waals surface area contributed by atoms with E-state index in [9.17, 15) is 4.79 Å². The molecule has 1 fully saturated rings. The molecule has 0 aliphatic carbocycles. The second-order valence-corrected chi connectivity index (χ2v) is 4.18. The van der Waals surface area contributed by atoms with Gasteiger partial charge in [0, 0.05) is 0 Å². The molecule has 1 saturated heterocycles. The second-order valence-electron chi connectivity index (χ2n) is 4.18. The molecular formula is C11H20O2. The third-order valence-corrected chi connectivity index (χ3v) is 3.44. The van der Waals surface area contributed by atoms with Gasteiger partial charge in [0.05, 0.1) is 12.0 Å². The molecule has 0 aromatic carbocycles. The van der Waals surface area contributed by atoms with Gasteiger partial charge >= 0.3 is 5.97 Å². The first-order valence-electron chi connectivity index (χ1n) is 5.32. The van der Waals surface area contributed by atoms with Gasteiger partial charge in [-0.1, -0.05) is 20.3 Å². The van der Waals surface area contributed by atoms with Crippen LogP contribution in [-0.2, 0) is 9.53 Å². The molecule has 2 nitrogen and oxygen atoms in total. The molecule has 0 aromatic rings. The molecule has 0 spiro atoms. The van der Waals surface area contributed by atoms with Crippen LogP contribution in [0.4, 0.5) is 0 Å². The summed E-state index contributed by atoms with van der Waals surface area (Å²) in [5.41, 5.74) is -0.214. The molecule has 1 rings (SSSR count). The Morgan fingerprint density at radius 2 is 2.23 bits per heavy atom. The summed E-state index contributed by atoms with van der Waals surface area (Å²) < 4.78 is 5.12. The molecule has 76 valence electrons. The largest absolute Gasteiger partial charge is 0.465 e. The first-order valence-corrected chi connectivity index (χ1v) is 5.32. The minimum Gasteiger partial charge on any atom is -0.465 e. The molecule has 0 amide bonds. The van der Waals surface area contributed by atoms with Crippen molar-refractivity contribution < 1.29 is 9.53 Å². The highest BCUT2D eigenvalue weighted by molar-refractivity contribution is 5.77. The summed E-state index contributed by atoms with van der Waals surface area (Å²) >= 11 is 0. The Morgan fingerprint density at radius 3 is 2.77 bits per heavy atom. The fourth-order valence-electron chi connectivity index (χ4n) is 2.19. The highest BCUT2D eigenvalue weighted by atomic mass is 16.5. The van der Waals surface area contributed by atoms with Gasteiger partial charge in [-0.25, -0.2) is 0 Å². The Kier molecular flexibility index (Phi) is 3.34. The third-order valence-electron chi connectivity index (χ3n) is 3.44. The molecule has 0 radical (unpaired) electrons. The van der Waals surface area contributed by atoms with E-state index in [2.05, 4.69) is 20.8 Å². The fraction of sp³-hybridized carbons (Fsp3) is 0.909. The van der Waals surface area contributed by atoms with E-state index in [1.54, 1.807) is 0 Å². The van der Waals surface area contributed by atoms with Crippen LogP contribution in [0.1, 0.15) is 46.5 Å². The zero-order chi connectivity index (χ0) is 9.90. The van der Waals surface area contributed by atoms with Crippen molar-refractivity contribution in [3.05, 3.63) is 0 Å². The van der Waals surface area contributed by atoms with Gasteiger partial charge in [-0.2, -0.15) is 0 Å². The van der Waals surface area contributed by atoms with E-state index in [0.29, 0.717) is 12.5 Å². The maximum atomic E-state index is 11.6. The molecule has 0 N–H and O–H groups in total. The Hall–Kier alpha value is -0.530. The Morgan fingerprint density at radius 1 is 1.54 bits per heavy atom. The van der Waals surface area contributed by atoms with Crippen molar-refractivity contribution >= 4 is 5.97 Å². The molecule has 1 aliphatic rings. The van der Waals surface area contributed by atoms with Crippen LogP contribution in [0.5, 0.6) is 0 Å².